The first-order valence-electron chi connectivity index (χ1n) is 13.4. The minimum Gasteiger partial charge on any atom is -0.444 e. The van der Waals surface area contributed by atoms with E-state index in [9.17, 15) is 14.9 Å². The minimum atomic E-state index is -1.14. The van der Waals surface area contributed by atoms with Gasteiger partial charge in [-0.1, -0.05) is 17.3 Å². The molecule has 42 heavy (non-hydrogen) atoms. The summed E-state index contributed by atoms with van der Waals surface area (Å²) >= 11 is 0. The molecular formula is C29H27F3N6O4. The van der Waals surface area contributed by atoms with E-state index in [1.165, 1.54) is 27.9 Å². The van der Waals surface area contributed by atoms with Crippen molar-refractivity contribution in [1.82, 2.24) is 19.9 Å². The number of nitriles is 1. The van der Waals surface area contributed by atoms with Gasteiger partial charge in [-0.15, -0.1) is 5.10 Å². The first kappa shape index (κ1) is 27.6. The van der Waals surface area contributed by atoms with Crippen LogP contribution >= 0.6 is 0 Å². The number of amides is 2. The SMILES string of the molecule is CC(C)(C)OC(=O)N1C[C@@H]2[C@H](C1)C2(C#N)c1ccc(-c2c(F)cc(N3C[C@H](Cn4ccnn4)OC3=O)cc2F)cc1F. The van der Waals surface area contributed by atoms with Gasteiger partial charge in [0, 0.05) is 36.7 Å². The van der Waals surface area contributed by atoms with E-state index in [0.29, 0.717) is 0 Å². The number of fused-ring (bicyclic) bond motifs is 1. The van der Waals surface area contributed by atoms with Crippen LogP contribution in [0.4, 0.5) is 28.4 Å². The highest BCUT2D eigenvalue weighted by atomic mass is 19.1. The van der Waals surface area contributed by atoms with E-state index < -0.39 is 52.3 Å². The standard InChI is InChI=1S/C29H27F3N6O4/c1-28(2,3)42-26(39)36-13-20-21(14-36)29(20,15-33)19-5-4-16(8-22(19)30)25-23(31)9-17(10-24(25)32)38-12-18(41-27(38)40)11-37-7-6-34-35-37/h4-10,18,20-21H,11-14H2,1-3H3/t18-,20-,21+,29?/m0/s1. The predicted molar refractivity (Wildman–Crippen MR) is 141 cm³/mol. The summed E-state index contributed by atoms with van der Waals surface area (Å²) in [7, 11) is 0. The maximum Gasteiger partial charge on any atom is 0.414 e. The van der Waals surface area contributed by atoms with Gasteiger partial charge in [0.25, 0.3) is 0 Å². The Kier molecular flexibility index (Phi) is 6.40. The highest BCUT2D eigenvalue weighted by Gasteiger charge is 2.71. The Balaban J connectivity index is 1.20. The molecule has 13 heteroatoms. The summed E-state index contributed by atoms with van der Waals surface area (Å²) < 4.78 is 58.2. The van der Waals surface area contributed by atoms with Gasteiger partial charge in [-0.05, 0) is 44.5 Å². The van der Waals surface area contributed by atoms with Gasteiger partial charge in [0.2, 0.25) is 0 Å². The fraction of sp³-hybridized carbons (Fsp3) is 0.414. The molecule has 3 heterocycles. The highest BCUT2D eigenvalue weighted by molar-refractivity contribution is 5.90. The lowest BCUT2D eigenvalue weighted by molar-refractivity contribution is 0.0265. The number of carbonyl (C=O) groups is 2. The number of anilines is 1. The van der Waals surface area contributed by atoms with Crippen LogP contribution in [0.25, 0.3) is 11.1 Å². The Bertz CT molecular complexity index is 1580. The summed E-state index contributed by atoms with van der Waals surface area (Å²) in [5.41, 5.74) is -2.24. The minimum absolute atomic E-state index is 0.0410. The molecule has 3 aromatic rings. The van der Waals surface area contributed by atoms with Crippen LogP contribution in [0.15, 0.2) is 42.7 Å². The first-order valence-corrected chi connectivity index (χ1v) is 13.4. The maximum absolute atomic E-state index is 15.5. The number of halogens is 3. The summed E-state index contributed by atoms with van der Waals surface area (Å²) in [6.45, 7) is 6.04. The molecule has 0 spiro atoms. The number of hydrogen-bond acceptors (Lipinski definition) is 7. The van der Waals surface area contributed by atoms with Crippen LogP contribution in [-0.4, -0.2) is 63.4 Å². The van der Waals surface area contributed by atoms with Crippen molar-refractivity contribution < 1.29 is 32.2 Å². The van der Waals surface area contributed by atoms with E-state index in [1.807, 2.05) is 0 Å². The van der Waals surface area contributed by atoms with Gasteiger partial charge in [-0.25, -0.2) is 27.4 Å². The second kappa shape index (κ2) is 9.75. The van der Waals surface area contributed by atoms with Crippen molar-refractivity contribution in [2.75, 3.05) is 24.5 Å². The van der Waals surface area contributed by atoms with Crippen molar-refractivity contribution in [3.63, 3.8) is 0 Å². The van der Waals surface area contributed by atoms with Crippen molar-refractivity contribution in [1.29, 1.82) is 5.26 Å². The van der Waals surface area contributed by atoms with Gasteiger partial charge in [0.15, 0.2) is 0 Å². The van der Waals surface area contributed by atoms with Crippen LogP contribution in [0.2, 0.25) is 0 Å². The van der Waals surface area contributed by atoms with Crippen molar-refractivity contribution in [2.45, 2.75) is 44.4 Å². The number of benzene rings is 2. The number of aromatic nitrogens is 3. The summed E-state index contributed by atoms with van der Waals surface area (Å²) in [6, 6.07) is 7.99. The number of hydrogen-bond donors (Lipinski definition) is 0. The molecule has 1 aromatic heterocycles. The molecule has 2 aromatic carbocycles. The normalized spacial score (nSPS) is 24.8. The van der Waals surface area contributed by atoms with Crippen LogP contribution in [0.3, 0.4) is 0 Å². The molecule has 6 rings (SSSR count). The van der Waals surface area contributed by atoms with Gasteiger partial charge in [0.05, 0.1) is 42.0 Å². The summed E-state index contributed by atoms with van der Waals surface area (Å²) in [4.78, 5) is 27.5. The molecule has 0 N–H and O–H groups in total. The van der Waals surface area contributed by atoms with Gasteiger partial charge < -0.3 is 14.4 Å². The van der Waals surface area contributed by atoms with Crippen LogP contribution in [0, 0.1) is 40.6 Å². The number of likely N-dealkylation sites (tertiary alicyclic amines) is 1. The molecule has 2 aliphatic heterocycles. The van der Waals surface area contributed by atoms with Crippen molar-refractivity contribution >= 4 is 17.9 Å². The van der Waals surface area contributed by atoms with Gasteiger partial charge >= 0.3 is 12.2 Å². The lowest BCUT2D eigenvalue weighted by atomic mass is 9.89. The van der Waals surface area contributed by atoms with E-state index in [1.54, 1.807) is 27.0 Å². The molecule has 3 fully saturated rings. The number of ether oxygens (including phenoxy) is 2. The zero-order chi connectivity index (χ0) is 30.0. The van der Waals surface area contributed by atoms with E-state index in [-0.39, 0.29) is 54.8 Å². The third-order valence-corrected chi connectivity index (χ3v) is 8.00. The lowest BCUT2D eigenvalue weighted by Gasteiger charge is -2.27. The molecule has 0 bridgehead atoms. The van der Waals surface area contributed by atoms with Gasteiger partial charge in [-0.2, -0.15) is 5.26 Å². The molecule has 218 valence electrons. The average Bonchev–Trinajstić information content (AvgIpc) is 3.41. The van der Waals surface area contributed by atoms with Crippen molar-refractivity contribution in [3.05, 3.63) is 65.7 Å². The Labute approximate surface area is 239 Å². The quantitative estimate of drug-likeness (QED) is 0.432. The van der Waals surface area contributed by atoms with E-state index in [0.717, 1.165) is 23.1 Å². The van der Waals surface area contributed by atoms with Crippen LogP contribution in [0.1, 0.15) is 26.3 Å². The zero-order valence-corrected chi connectivity index (χ0v) is 23.1. The predicted octanol–water partition coefficient (Wildman–Crippen LogP) is 4.65. The van der Waals surface area contributed by atoms with Crippen LogP contribution in [0.5, 0.6) is 0 Å². The van der Waals surface area contributed by atoms with E-state index >= 15 is 13.2 Å². The number of rotatable bonds is 5. The Morgan fingerprint density at radius 3 is 2.38 bits per heavy atom. The molecule has 2 saturated heterocycles. The van der Waals surface area contributed by atoms with Gasteiger partial charge in [-0.3, -0.25) is 4.90 Å². The number of piperidine rings is 1. The monoisotopic (exact) mass is 580 g/mol. The van der Waals surface area contributed by atoms with Crippen molar-refractivity contribution in [3.8, 4) is 17.2 Å². The van der Waals surface area contributed by atoms with Crippen LogP contribution in [-0.2, 0) is 21.4 Å². The summed E-state index contributed by atoms with van der Waals surface area (Å²) in [5.74, 6) is -3.31. The average molecular weight is 581 g/mol. The molecule has 1 unspecified atom stereocenters. The molecule has 0 radical (unpaired) electrons. The van der Waals surface area contributed by atoms with E-state index in [2.05, 4.69) is 16.4 Å². The molecular weight excluding hydrogens is 553 g/mol. The second-order valence-electron chi connectivity index (χ2n) is 11.8. The fourth-order valence-corrected chi connectivity index (χ4v) is 6.10. The Morgan fingerprint density at radius 2 is 1.81 bits per heavy atom. The van der Waals surface area contributed by atoms with Crippen molar-refractivity contribution in [2.24, 2.45) is 11.8 Å². The summed E-state index contributed by atoms with van der Waals surface area (Å²) in [5, 5.41) is 17.6. The zero-order valence-electron chi connectivity index (χ0n) is 23.1. The first-order chi connectivity index (χ1) is 19.9. The number of nitrogens with zero attached hydrogens (tertiary/aromatic N) is 6. The van der Waals surface area contributed by atoms with E-state index in [4.69, 9.17) is 9.47 Å². The number of carbonyl (C=O) groups excluding carboxylic acids is 2. The third-order valence-electron chi connectivity index (χ3n) is 8.00. The topological polar surface area (TPSA) is 114 Å². The number of cyclic esters (lactones) is 1. The molecule has 4 atom stereocenters. The Hall–Kier alpha value is -4.60. The maximum atomic E-state index is 15.5. The third kappa shape index (κ3) is 4.60. The molecule has 10 nitrogen and oxygen atoms in total. The lowest BCUT2D eigenvalue weighted by Crippen LogP contribution is -2.39. The molecule has 2 amide bonds. The molecule has 3 aliphatic rings. The highest BCUT2D eigenvalue weighted by Crippen LogP contribution is 2.63. The second-order valence-corrected chi connectivity index (χ2v) is 11.8. The van der Waals surface area contributed by atoms with Gasteiger partial charge in [0.1, 0.15) is 29.2 Å². The summed E-state index contributed by atoms with van der Waals surface area (Å²) in [6.07, 6.45) is 1.23. The molecule has 1 aliphatic carbocycles. The Morgan fingerprint density at radius 1 is 1.12 bits per heavy atom. The largest absolute Gasteiger partial charge is 0.444 e. The smallest absolute Gasteiger partial charge is 0.414 e. The van der Waals surface area contributed by atoms with Crippen LogP contribution < -0.4 is 4.90 Å². The fourth-order valence-electron chi connectivity index (χ4n) is 6.10. The molecule has 1 saturated carbocycles.